The molecule has 7 atom stereocenters. The van der Waals surface area contributed by atoms with Crippen LogP contribution in [0, 0.1) is 5.41 Å². The topological polar surface area (TPSA) is 193 Å². The predicted molar refractivity (Wildman–Crippen MR) is 241 cm³/mol. The highest BCUT2D eigenvalue weighted by atomic mass is 16.5. The van der Waals surface area contributed by atoms with Crippen LogP contribution < -0.4 is 15.4 Å². The van der Waals surface area contributed by atoms with Crippen molar-refractivity contribution in [3.8, 4) is 28.1 Å². The molecule has 0 saturated carbocycles. The molecule has 0 spiro atoms. The van der Waals surface area contributed by atoms with Crippen molar-refractivity contribution in [2.75, 3.05) is 21.3 Å². The van der Waals surface area contributed by atoms with Gasteiger partial charge in [-0.15, -0.1) is 0 Å². The summed E-state index contributed by atoms with van der Waals surface area (Å²) in [5, 5.41) is 7.46. The number of rotatable bonds is 12. The Morgan fingerprint density at radius 2 is 1.61 bits per heavy atom. The van der Waals surface area contributed by atoms with Crippen molar-refractivity contribution in [1.29, 1.82) is 0 Å². The van der Waals surface area contributed by atoms with Crippen LogP contribution in [0.15, 0.2) is 48.7 Å². The second-order valence-corrected chi connectivity index (χ2v) is 18.0. The molecular formula is C48H60N8O8. The normalized spacial score (nSPS) is 20.9. The highest BCUT2D eigenvalue weighted by Gasteiger charge is 2.46. The molecule has 64 heavy (non-hydrogen) atoms. The van der Waals surface area contributed by atoms with Crippen molar-refractivity contribution in [2.45, 2.75) is 129 Å². The maximum Gasteiger partial charge on any atom is 0.407 e. The molecule has 16 heteroatoms. The Kier molecular flexibility index (Phi) is 12.3. The second kappa shape index (κ2) is 17.8. The van der Waals surface area contributed by atoms with Gasteiger partial charge < -0.3 is 49.3 Å². The molecule has 2 saturated heterocycles. The molecule has 3 aromatic carbocycles. The minimum atomic E-state index is -0.926. The summed E-state index contributed by atoms with van der Waals surface area (Å²) in [5.74, 6) is 1.77. The van der Waals surface area contributed by atoms with Gasteiger partial charge in [-0.3, -0.25) is 9.59 Å². The van der Waals surface area contributed by atoms with Gasteiger partial charge in [-0.05, 0) is 104 Å². The van der Waals surface area contributed by atoms with Crippen LogP contribution >= 0.6 is 0 Å². The van der Waals surface area contributed by atoms with E-state index in [0.29, 0.717) is 24.7 Å². The van der Waals surface area contributed by atoms with E-state index < -0.39 is 35.8 Å². The third-order valence-corrected chi connectivity index (χ3v) is 14.0. The van der Waals surface area contributed by atoms with Gasteiger partial charge in [0.15, 0.2) is 0 Å². The Balaban J connectivity index is 1.05. The number of hydrogen-bond donors (Lipinski definition) is 4. The van der Waals surface area contributed by atoms with E-state index in [0.717, 1.165) is 87.6 Å². The first kappa shape index (κ1) is 44.4. The van der Waals surface area contributed by atoms with Crippen LogP contribution in [0.2, 0.25) is 0 Å². The molecule has 5 heterocycles. The average molecular weight is 877 g/mol. The monoisotopic (exact) mass is 876 g/mol. The van der Waals surface area contributed by atoms with Gasteiger partial charge in [-0.25, -0.2) is 19.6 Å². The van der Waals surface area contributed by atoms with Gasteiger partial charge in [0, 0.05) is 30.1 Å². The van der Waals surface area contributed by atoms with Gasteiger partial charge in [0.25, 0.3) is 0 Å². The molecule has 340 valence electrons. The Morgan fingerprint density at radius 1 is 0.875 bits per heavy atom. The van der Waals surface area contributed by atoms with Crippen LogP contribution in [-0.4, -0.2) is 105 Å². The number of ether oxygens (including phenoxy) is 4. The third kappa shape index (κ3) is 8.01. The largest absolute Gasteiger partial charge is 0.488 e. The Morgan fingerprint density at radius 3 is 2.33 bits per heavy atom. The SMILES string of the molecule is CC[C@H]1CC[C@@H](c2ncc(-c3ccc4c(c3)COc3cc5c(ccc6[nH]c([C@@H]7CC[C@H](C)N7C(=O)[C@@H](NC(=O)OC)C(C)(C)CC)nc65)cc3-4)[nH]2)N1C(=O)[C@@H](NC(=O)OC)[C@@H](C)OC. The maximum atomic E-state index is 14.3. The third-order valence-electron chi connectivity index (χ3n) is 14.0. The number of nitrogens with one attached hydrogen (secondary N) is 4. The van der Waals surface area contributed by atoms with Crippen LogP contribution in [0.4, 0.5) is 9.59 Å². The highest BCUT2D eigenvalue weighted by molar-refractivity contribution is 6.07. The predicted octanol–water partition coefficient (Wildman–Crippen LogP) is 8.08. The summed E-state index contributed by atoms with van der Waals surface area (Å²) in [6.07, 6.45) is 4.42. The number of aromatic amines is 2. The van der Waals surface area contributed by atoms with Gasteiger partial charge in [0.05, 0.1) is 55.3 Å². The first-order valence-corrected chi connectivity index (χ1v) is 22.4. The van der Waals surface area contributed by atoms with Crippen molar-refractivity contribution < 1.29 is 38.1 Å². The summed E-state index contributed by atoms with van der Waals surface area (Å²) >= 11 is 0. The molecule has 8 rings (SSSR count). The lowest BCUT2D eigenvalue weighted by Crippen LogP contribution is -2.56. The van der Waals surface area contributed by atoms with E-state index in [1.54, 1.807) is 13.1 Å². The quantitative estimate of drug-likeness (QED) is 0.0953. The number of alkyl carbamates (subject to hydrolysis) is 2. The summed E-state index contributed by atoms with van der Waals surface area (Å²) in [6, 6.07) is 12.3. The Hall–Kier alpha value is -6.16. The Labute approximate surface area is 373 Å². The molecule has 4 N–H and O–H groups in total. The number of carbonyl (C=O) groups excluding carboxylic acids is 4. The number of amides is 4. The number of methoxy groups -OCH3 is 3. The number of H-pyrrole nitrogens is 2. The number of nitrogens with zero attached hydrogens (tertiary/aromatic N) is 4. The van der Waals surface area contributed by atoms with Crippen molar-refractivity contribution in [1.82, 2.24) is 40.4 Å². The first-order valence-electron chi connectivity index (χ1n) is 22.4. The van der Waals surface area contributed by atoms with Crippen molar-refractivity contribution >= 4 is 45.8 Å². The number of hydrogen-bond acceptors (Lipinski definition) is 10. The first-order chi connectivity index (χ1) is 30.7. The van der Waals surface area contributed by atoms with Crippen LogP contribution in [0.1, 0.15) is 109 Å². The van der Waals surface area contributed by atoms with Gasteiger partial charge >= 0.3 is 12.2 Å². The van der Waals surface area contributed by atoms with E-state index in [9.17, 15) is 19.2 Å². The lowest BCUT2D eigenvalue weighted by molar-refractivity contribution is -0.140. The molecule has 3 aliphatic heterocycles. The van der Waals surface area contributed by atoms with E-state index in [1.807, 2.05) is 43.6 Å². The molecular weight excluding hydrogens is 817 g/mol. The fourth-order valence-corrected chi connectivity index (χ4v) is 9.78. The van der Waals surface area contributed by atoms with Crippen molar-refractivity contribution in [3.05, 3.63) is 65.9 Å². The van der Waals surface area contributed by atoms with Crippen LogP contribution in [-0.2, 0) is 30.4 Å². The summed E-state index contributed by atoms with van der Waals surface area (Å²) in [5.41, 5.74) is 6.01. The van der Waals surface area contributed by atoms with E-state index in [4.69, 9.17) is 28.9 Å². The van der Waals surface area contributed by atoms with E-state index in [2.05, 4.69) is 63.9 Å². The molecule has 2 fully saturated rings. The van der Waals surface area contributed by atoms with Gasteiger partial charge in [-0.2, -0.15) is 0 Å². The summed E-state index contributed by atoms with van der Waals surface area (Å²) in [6.45, 7) is 12.2. The number of fused-ring (bicyclic) bond motifs is 6. The van der Waals surface area contributed by atoms with E-state index in [1.165, 1.54) is 21.3 Å². The number of benzene rings is 3. The maximum absolute atomic E-state index is 14.3. The number of aromatic nitrogens is 4. The molecule has 0 aliphatic carbocycles. The fourth-order valence-electron chi connectivity index (χ4n) is 9.78. The summed E-state index contributed by atoms with van der Waals surface area (Å²) in [7, 11) is 4.08. The highest BCUT2D eigenvalue weighted by Crippen LogP contribution is 2.44. The van der Waals surface area contributed by atoms with Crippen molar-refractivity contribution in [3.63, 3.8) is 0 Å². The second-order valence-electron chi connectivity index (χ2n) is 18.0. The van der Waals surface area contributed by atoms with Crippen LogP contribution in [0.3, 0.4) is 0 Å². The molecule has 5 aromatic rings. The molecule has 0 unspecified atom stereocenters. The zero-order chi connectivity index (χ0) is 45.6. The average Bonchev–Trinajstić information content (AvgIpc) is 4.14. The van der Waals surface area contributed by atoms with Gasteiger partial charge in [0.2, 0.25) is 11.8 Å². The Bertz CT molecular complexity index is 2580. The molecule has 0 radical (unpaired) electrons. The lowest BCUT2D eigenvalue weighted by Gasteiger charge is -2.38. The minimum Gasteiger partial charge on any atom is -0.488 e. The minimum absolute atomic E-state index is 0.0214. The van der Waals surface area contributed by atoms with Crippen molar-refractivity contribution in [2.24, 2.45) is 5.41 Å². The smallest absolute Gasteiger partial charge is 0.407 e. The van der Waals surface area contributed by atoms with E-state index in [-0.39, 0.29) is 36.0 Å². The lowest BCUT2D eigenvalue weighted by atomic mass is 9.81. The fraction of sp³-hybridized carbons (Fsp3) is 0.500. The zero-order valence-corrected chi connectivity index (χ0v) is 38.2. The van der Waals surface area contributed by atoms with Gasteiger partial charge in [0.1, 0.15) is 36.1 Å². The standard InChI is InChI=1S/C48H60N8O8/c1-10-30-15-19-36(56(30)44(57)39(26(4)61-7)53-46(59)62-8)42-49-23-35(51-42)28-13-16-31-29(20-28)24-64-38-22-32-27(21-33(31)38)14-17-34-40(32)52-43(50-34)37-18-12-25(3)55(37)45(58)41(48(5,6)11-2)54-47(60)63-9/h13-14,16-17,20-23,25-26,30,36-37,39,41H,10-12,15,18-19,24H2,1-9H3,(H,49,51)(H,50,52)(H,53,59)(H,54,60)/t25-,26+,30-,36-,37-,39-,41+/m0/s1. The molecule has 3 aliphatic rings. The number of likely N-dealkylation sites (tertiary alicyclic amines) is 2. The summed E-state index contributed by atoms with van der Waals surface area (Å²) in [4.78, 5) is 73.8. The number of imidazole rings is 2. The molecule has 4 amide bonds. The van der Waals surface area contributed by atoms with Gasteiger partial charge in [-0.1, -0.05) is 45.9 Å². The molecule has 2 aromatic heterocycles. The number of carbonyl (C=O) groups is 4. The van der Waals surface area contributed by atoms with Crippen LogP contribution in [0.25, 0.3) is 44.2 Å². The molecule has 16 nitrogen and oxygen atoms in total. The summed E-state index contributed by atoms with van der Waals surface area (Å²) < 4.78 is 21.7. The van der Waals surface area contributed by atoms with E-state index >= 15 is 0 Å². The van der Waals surface area contributed by atoms with Crippen LogP contribution in [0.5, 0.6) is 5.75 Å². The molecule has 0 bridgehead atoms. The zero-order valence-electron chi connectivity index (χ0n) is 38.2.